The van der Waals surface area contributed by atoms with Crippen molar-refractivity contribution in [3.8, 4) is 23.0 Å². The van der Waals surface area contributed by atoms with Crippen molar-refractivity contribution in [3.63, 3.8) is 0 Å². The Labute approximate surface area is 339 Å². The largest absolute Gasteiger partial charge is 0.457 e. The molecule has 0 radical (unpaired) electrons. The molecule has 294 valence electrons. The molecule has 9 aromatic rings. The second-order valence-corrected chi connectivity index (χ2v) is 20.0. The fraction of sp³-hybridized carbons (Fsp3) is 0.308. The summed E-state index contributed by atoms with van der Waals surface area (Å²) in [5.74, 6) is 2.46. The van der Waals surface area contributed by atoms with E-state index in [-0.39, 0.29) is 27.2 Å². The van der Waals surface area contributed by atoms with Crippen molar-refractivity contribution in [2.24, 2.45) is 10.8 Å². The van der Waals surface area contributed by atoms with E-state index in [2.05, 4.69) is 93.5 Å². The SMILES string of the molecule is CC(C)(C)CC(C)(C)c1ccc(Oc2cc3c4c(cc(Oc5ccc(C(C)(C)CC(C)(C)C)cc5)c5c6ccccc6oc2c54)c(=O)n2c4ccccc4nc32)cc1. The molecule has 0 aliphatic carbocycles. The van der Waals surface area contributed by atoms with Crippen LogP contribution in [-0.4, -0.2) is 9.38 Å². The number of hydrogen-bond acceptors (Lipinski definition) is 5. The van der Waals surface area contributed by atoms with E-state index in [0.29, 0.717) is 45.2 Å². The van der Waals surface area contributed by atoms with Crippen LogP contribution in [0.1, 0.15) is 93.2 Å². The van der Waals surface area contributed by atoms with Crippen molar-refractivity contribution in [1.82, 2.24) is 9.38 Å². The molecule has 0 N–H and O–H groups in total. The molecule has 0 unspecified atom stereocenters. The van der Waals surface area contributed by atoms with Gasteiger partial charge in [0.2, 0.25) is 0 Å². The Bertz CT molecular complexity index is 3080. The maximum absolute atomic E-state index is 14.8. The van der Waals surface area contributed by atoms with E-state index < -0.39 is 0 Å². The molecule has 0 aliphatic heterocycles. The highest BCUT2D eigenvalue weighted by Crippen LogP contribution is 2.49. The third kappa shape index (κ3) is 6.53. The van der Waals surface area contributed by atoms with Gasteiger partial charge in [-0.15, -0.1) is 0 Å². The summed E-state index contributed by atoms with van der Waals surface area (Å²) in [5, 5.41) is 4.56. The van der Waals surface area contributed by atoms with Crippen molar-refractivity contribution in [3.05, 3.63) is 131 Å². The fourth-order valence-corrected chi connectivity index (χ4v) is 9.89. The minimum atomic E-state index is -0.168. The molecule has 0 fully saturated rings. The number of fused-ring (bicyclic) bond motifs is 6. The van der Waals surface area contributed by atoms with Gasteiger partial charge in [-0.05, 0) is 100 Å². The zero-order valence-electron chi connectivity index (χ0n) is 35.3. The third-order valence-corrected chi connectivity index (χ3v) is 11.6. The Morgan fingerprint density at radius 3 is 1.71 bits per heavy atom. The molecule has 6 heteroatoms. The highest BCUT2D eigenvalue weighted by atomic mass is 16.5. The number of rotatable bonds is 8. The average molecular weight is 769 g/mol. The second-order valence-electron chi connectivity index (χ2n) is 20.0. The Hall–Kier alpha value is -5.88. The van der Waals surface area contributed by atoms with E-state index in [4.69, 9.17) is 18.9 Å². The molecule has 0 atom stereocenters. The number of imidazole rings is 1. The minimum absolute atomic E-state index is 0.0149. The zero-order valence-corrected chi connectivity index (χ0v) is 35.3. The van der Waals surface area contributed by atoms with Crippen LogP contribution in [0.2, 0.25) is 0 Å². The molecular formula is C52H52N2O4. The number of nitrogens with zero attached hydrogens (tertiary/aromatic N) is 2. The van der Waals surface area contributed by atoms with E-state index in [9.17, 15) is 4.79 Å². The highest BCUT2D eigenvalue weighted by Gasteiger charge is 2.30. The quantitative estimate of drug-likeness (QED) is 0.114. The average Bonchev–Trinajstić information content (AvgIpc) is 3.54. The van der Waals surface area contributed by atoms with E-state index in [1.807, 2.05) is 84.9 Å². The van der Waals surface area contributed by atoms with E-state index >= 15 is 0 Å². The van der Waals surface area contributed by atoms with Crippen LogP contribution < -0.4 is 15.0 Å². The molecule has 58 heavy (non-hydrogen) atoms. The van der Waals surface area contributed by atoms with Crippen LogP contribution >= 0.6 is 0 Å². The molecule has 0 aliphatic rings. The van der Waals surface area contributed by atoms with Gasteiger partial charge in [0.05, 0.1) is 16.4 Å². The summed E-state index contributed by atoms with van der Waals surface area (Å²) < 4.78 is 22.3. The maximum Gasteiger partial charge on any atom is 0.264 e. The monoisotopic (exact) mass is 768 g/mol. The van der Waals surface area contributed by atoms with Crippen LogP contribution in [0.5, 0.6) is 23.0 Å². The van der Waals surface area contributed by atoms with Crippen molar-refractivity contribution in [2.45, 2.75) is 92.9 Å². The Balaban J connectivity index is 1.29. The molecule has 0 amide bonds. The molecule has 0 spiro atoms. The van der Waals surface area contributed by atoms with Gasteiger partial charge in [-0.1, -0.05) is 124 Å². The van der Waals surface area contributed by atoms with Gasteiger partial charge in [-0.25, -0.2) is 4.98 Å². The predicted octanol–water partition coefficient (Wildman–Crippen LogP) is 14.5. The first kappa shape index (κ1) is 37.7. The summed E-state index contributed by atoms with van der Waals surface area (Å²) in [6, 6.07) is 36.4. The summed E-state index contributed by atoms with van der Waals surface area (Å²) in [4.78, 5) is 19.8. The molecule has 0 saturated carbocycles. The van der Waals surface area contributed by atoms with Crippen LogP contribution in [0.4, 0.5) is 0 Å². The number of pyridine rings is 1. The zero-order chi connectivity index (χ0) is 40.9. The Morgan fingerprint density at radius 2 is 1.10 bits per heavy atom. The molecule has 3 heterocycles. The first-order valence-electron chi connectivity index (χ1n) is 20.4. The lowest BCUT2D eigenvalue weighted by Crippen LogP contribution is -2.24. The summed E-state index contributed by atoms with van der Waals surface area (Å²) in [5.41, 5.74) is 5.94. The number of ether oxygens (including phenoxy) is 2. The van der Waals surface area contributed by atoms with Crippen molar-refractivity contribution >= 4 is 60.2 Å². The topological polar surface area (TPSA) is 66.0 Å². The summed E-state index contributed by atoms with van der Waals surface area (Å²) in [6.45, 7) is 22.9. The standard InChI is InChI=1S/C52H52N2O4/c1-49(2,3)29-51(7,8)31-19-23-33(24-20-31)56-41-28-37-43-36(47-53-38-16-12-13-17-39(38)54(47)48(37)55)27-42(46-45(43)44(41)35-15-11-14-18-40(35)58-46)57-34-25-21-32(22-26-34)52(9,10)30-50(4,5)6/h11-28H,29-30H2,1-10H3. The van der Waals surface area contributed by atoms with Gasteiger partial charge in [0.25, 0.3) is 5.56 Å². The van der Waals surface area contributed by atoms with Gasteiger partial charge < -0.3 is 13.9 Å². The van der Waals surface area contributed by atoms with Gasteiger partial charge in [0.15, 0.2) is 11.3 Å². The predicted molar refractivity (Wildman–Crippen MR) is 240 cm³/mol. The fourth-order valence-electron chi connectivity index (χ4n) is 9.89. The van der Waals surface area contributed by atoms with Crippen LogP contribution in [-0.2, 0) is 10.8 Å². The third-order valence-electron chi connectivity index (χ3n) is 11.6. The first-order chi connectivity index (χ1) is 27.4. The van der Waals surface area contributed by atoms with Gasteiger partial charge in [0, 0.05) is 26.9 Å². The van der Waals surface area contributed by atoms with Crippen LogP contribution in [0.3, 0.4) is 0 Å². The number of benzene rings is 6. The number of hydrogen-bond donors (Lipinski definition) is 0. The van der Waals surface area contributed by atoms with Gasteiger partial charge in [0.1, 0.15) is 28.5 Å². The first-order valence-corrected chi connectivity index (χ1v) is 20.4. The maximum atomic E-state index is 14.8. The van der Waals surface area contributed by atoms with E-state index in [1.165, 1.54) is 11.1 Å². The van der Waals surface area contributed by atoms with Crippen molar-refractivity contribution in [1.29, 1.82) is 0 Å². The van der Waals surface area contributed by atoms with Gasteiger partial charge in [-0.2, -0.15) is 0 Å². The number of aromatic nitrogens is 2. The van der Waals surface area contributed by atoms with Crippen LogP contribution in [0.15, 0.2) is 118 Å². The lowest BCUT2D eigenvalue weighted by atomic mass is 9.72. The smallest absolute Gasteiger partial charge is 0.264 e. The molecule has 3 aromatic heterocycles. The van der Waals surface area contributed by atoms with Gasteiger partial charge >= 0.3 is 0 Å². The van der Waals surface area contributed by atoms with Gasteiger partial charge in [-0.3, -0.25) is 9.20 Å². The number of para-hydroxylation sites is 3. The van der Waals surface area contributed by atoms with Crippen molar-refractivity contribution in [2.75, 3.05) is 0 Å². The Morgan fingerprint density at radius 1 is 0.569 bits per heavy atom. The normalized spacial score (nSPS) is 13.2. The minimum Gasteiger partial charge on any atom is -0.457 e. The van der Waals surface area contributed by atoms with E-state index in [0.717, 1.165) is 50.8 Å². The molecule has 6 aromatic carbocycles. The van der Waals surface area contributed by atoms with Crippen LogP contribution in [0, 0.1) is 10.8 Å². The molecule has 0 saturated heterocycles. The molecule has 6 nitrogen and oxygen atoms in total. The molecular weight excluding hydrogens is 717 g/mol. The van der Waals surface area contributed by atoms with Crippen LogP contribution in [0.25, 0.3) is 60.2 Å². The lowest BCUT2D eigenvalue weighted by molar-refractivity contribution is 0.283. The molecule has 9 rings (SSSR count). The van der Waals surface area contributed by atoms with Crippen molar-refractivity contribution < 1.29 is 13.9 Å². The highest BCUT2D eigenvalue weighted by molar-refractivity contribution is 6.31. The second kappa shape index (κ2) is 13.1. The molecule has 0 bridgehead atoms. The van der Waals surface area contributed by atoms with E-state index in [1.54, 1.807) is 4.40 Å². The summed E-state index contributed by atoms with van der Waals surface area (Å²) in [7, 11) is 0. The summed E-state index contributed by atoms with van der Waals surface area (Å²) >= 11 is 0. The Kier molecular flexibility index (Phi) is 8.49. The lowest BCUT2D eigenvalue weighted by Gasteiger charge is -2.33. The summed E-state index contributed by atoms with van der Waals surface area (Å²) in [6.07, 6.45) is 2.08.